The van der Waals surface area contributed by atoms with Crippen LogP contribution in [0.1, 0.15) is 19.4 Å². The number of rotatable bonds is 7. The SMILES string of the molecule is COC(=O)NC(C(=O)NCc1ccccc1Oc1ccccc1)C(C)C. The van der Waals surface area contributed by atoms with Gasteiger partial charge in [-0.2, -0.15) is 0 Å². The molecule has 0 radical (unpaired) electrons. The largest absolute Gasteiger partial charge is 0.457 e. The lowest BCUT2D eigenvalue weighted by molar-refractivity contribution is -0.124. The van der Waals surface area contributed by atoms with E-state index in [1.807, 2.05) is 68.4 Å². The number of para-hydroxylation sites is 2. The number of ether oxygens (including phenoxy) is 2. The number of hydrogen-bond donors (Lipinski definition) is 2. The number of methoxy groups -OCH3 is 1. The van der Waals surface area contributed by atoms with Gasteiger partial charge in [0.05, 0.1) is 7.11 Å². The lowest BCUT2D eigenvalue weighted by Crippen LogP contribution is -2.49. The predicted molar refractivity (Wildman–Crippen MR) is 99.0 cm³/mol. The number of amides is 2. The molecule has 2 N–H and O–H groups in total. The normalized spacial score (nSPS) is 11.5. The highest BCUT2D eigenvalue weighted by Crippen LogP contribution is 2.24. The summed E-state index contributed by atoms with van der Waals surface area (Å²) >= 11 is 0. The number of nitrogens with one attached hydrogen (secondary N) is 2. The van der Waals surface area contributed by atoms with Gasteiger partial charge in [-0.15, -0.1) is 0 Å². The fourth-order valence-electron chi connectivity index (χ4n) is 2.38. The maximum Gasteiger partial charge on any atom is 0.407 e. The zero-order chi connectivity index (χ0) is 18.9. The molecule has 0 saturated carbocycles. The molecule has 0 bridgehead atoms. The Morgan fingerprint density at radius 1 is 1.00 bits per heavy atom. The quantitative estimate of drug-likeness (QED) is 0.796. The zero-order valence-corrected chi connectivity index (χ0v) is 15.2. The van der Waals surface area contributed by atoms with Crippen LogP contribution in [0.15, 0.2) is 54.6 Å². The summed E-state index contributed by atoms with van der Waals surface area (Å²) in [6, 6.07) is 16.2. The van der Waals surface area contributed by atoms with Gasteiger partial charge in [0.1, 0.15) is 17.5 Å². The van der Waals surface area contributed by atoms with Crippen molar-refractivity contribution in [3.8, 4) is 11.5 Å². The van der Waals surface area contributed by atoms with Crippen LogP contribution >= 0.6 is 0 Å². The van der Waals surface area contributed by atoms with Crippen LogP contribution in [-0.4, -0.2) is 25.2 Å². The Morgan fingerprint density at radius 3 is 2.31 bits per heavy atom. The van der Waals surface area contributed by atoms with E-state index < -0.39 is 12.1 Å². The van der Waals surface area contributed by atoms with Gasteiger partial charge >= 0.3 is 6.09 Å². The maximum atomic E-state index is 12.5. The van der Waals surface area contributed by atoms with Gasteiger partial charge in [0.25, 0.3) is 0 Å². The summed E-state index contributed by atoms with van der Waals surface area (Å²) in [7, 11) is 1.27. The van der Waals surface area contributed by atoms with Crippen molar-refractivity contribution >= 4 is 12.0 Å². The molecule has 138 valence electrons. The van der Waals surface area contributed by atoms with Crippen molar-refractivity contribution in [3.63, 3.8) is 0 Å². The molecule has 2 amide bonds. The average Bonchev–Trinajstić information content (AvgIpc) is 2.65. The molecule has 0 aliphatic rings. The lowest BCUT2D eigenvalue weighted by atomic mass is 10.0. The van der Waals surface area contributed by atoms with E-state index in [0.29, 0.717) is 5.75 Å². The molecule has 0 saturated heterocycles. The first kappa shape index (κ1) is 19.3. The standard InChI is InChI=1S/C20H24N2O4/c1-14(2)18(22-20(24)25-3)19(23)21-13-15-9-7-8-12-17(15)26-16-10-5-4-6-11-16/h4-12,14,18H,13H2,1-3H3,(H,21,23)(H,22,24). The van der Waals surface area contributed by atoms with Crippen LogP contribution in [0.25, 0.3) is 0 Å². The number of carbonyl (C=O) groups excluding carboxylic acids is 2. The Balaban J connectivity index is 2.04. The highest BCUT2D eigenvalue weighted by Gasteiger charge is 2.24. The van der Waals surface area contributed by atoms with Crippen molar-refractivity contribution in [2.45, 2.75) is 26.4 Å². The van der Waals surface area contributed by atoms with E-state index in [4.69, 9.17) is 4.74 Å². The highest BCUT2D eigenvalue weighted by atomic mass is 16.5. The summed E-state index contributed by atoms with van der Waals surface area (Å²) in [5.41, 5.74) is 0.838. The van der Waals surface area contributed by atoms with E-state index in [9.17, 15) is 9.59 Å². The van der Waals surface area contributed by atoms with Crippen LogP contribution in [0, 0.1) is 5.92 Å². The molecule has 0 fully saturated rings. The Hall–Kier alpha value is -3.02. The number of benzene rings is 2. The minimum absolute atomic E-state index is 0.0788. The molecule has 6 nitrogen and oxygen atoms in total. The lowest BCUT2D eigenvalue weighted by Gasteiger charge is -2.21. The van der Waals surface area contributed by atoms with Gasteiger partial charge < -0.3 is 20.1 Å². The Morgan fingerprint density at radius 2 is 1.65 bits per heavy atom. The molecule has 0 heterocycles. The molecule has 1 atom stereocenters. The van der Waals surface area contributed by atoms with Crippen molar-refractivity contribution in [2.24, 2.45) is 5.92 Å². The smallest absolute Gasteiger partial charge is 0.407 e. The van der Waals surface area contributed by atoms with E-state index in [1.54, 1.807) is 0 Å². The van der Waals surface area contributed by atoms with Crippen molar-refractivity contribution in [3.05, 3.63) is 60.2 Å². The first-order valence-electron chi connectivity index (χ1n) is 8.44. The molecular formula is C20H24N2O4. The van der Waals surface area contributed by atoms with E-state index in [2.05, 4.69) is 15.4 Å². The van der Waals surface area contributed by atoms with Gasteiger partial charge in [-0.05, 0) is 24.1 Å². The van der Waals surface area contributed by atoms with Crippen LogP contribution < -0.4 is 15.4 Å². The van der Waals surface area contributed by atoms with Crippen LogP contribution in [0.5, 0.6) is 11.5 Å². The summed E-state index contributed by atoms with van der Waals surface area (Å²) in [5.74, 6) is 1.03. The fourth-order valence-corrected chi connectivity index (χ4v) is 2.38. The summed E-state index contributed by atoms with van der Waals surface area (Å²) in [6.45, 7) is 3.99. The van der Waals surface area contributed by atoms with Gasteiger partial charge in [-0.25, -0.2) is 4.79 Å². The van der Waals surface area contributed by atoms with Gasteiger partial charge in [0, 0.05) is 12.1 Å². The molecule has 0 aliphatic carbocycles. The van der Waals surface area contributed by atoms with Gasteiger partial charge in [-0.3, -0.25) is 4.79 Å². The molecule has 0 aromatic heterocycles. The van der Waals surface area contributed by atoms with Crippen molar-refractivity contribution < 1.29 is 19.1 Å². The molecule has 2 rings (SSSR count). The minimum atomic E-state index is -0.676. The zero-order valence-electron chi connectivity index (χ0n) is 15.2. The van der Waals surface area contributed by atoms with Gasteiger partial charge in [0.15, 0.2) is 0 Å². The number of alkyl carbamates (subject to hydrolysis) is 1. The van der Waals surface area contributed by atoms with Crippen molar-refractivity contribution in [1.29, 1.82) is 0 Å². The van der Waals surface area contributed by atoms with E-state index in [1.165, 1.54) is 7.11 Å². The highest BCUT2D eigenvalue weighted by molar-refractivity contribution is 5.85. The molecule has 0 aliphatic heterocycles. The predicted octanol–water partition coefficient (Wildman–Crippen LogP) is 3.48. The molecule has 6 heteroatoms. The molecule has 2 aromatic rings. The van der Waals surface area contributed by atoms with E-state index >= 15 is 0 Å². The molecule has 1 unspecified atom stereocenters. The number of carbonyl (C=O) groups is 2. The number of hydrogen-bond acceptors (Lipinski definition) is 4. The second kappa shape index (κ2) is 9.46. The second-order valence-corrected chi connectivity index (χ2v) is 6.10. The topological polar surface area (TPSA) is 76.7 Å². The first-order chi connectivity index (χ1) is 12.5. The Labute approximate surface area is 153 Å². The third kappa shape index (κ3) is 5.51. The molecule has 0 spiro atoms. The second-order valence-electron chi connectivity index (χ2n) is 6.10. The molecule has 26 heavy (non-hydrogen) atoms. The van der Waals surface area contributed by atoms with Crippen LogP contribution in [0.3, 0.4) is 0 Å². The average molecular weight is 356 g/mol. The van der Waals surface area contributed by atoms with E-state index in [0.717, 1.165) is 11.3 Å². The Kier molecular flexibility index (Phi) is 7.02. The molecular weight excluding hydrogens is 332 g/mol. The van der Waals surface area contributed by atoms with Crippen LogP contribution in [-0.2, 0) is 16.1 Å². The Bertz CT molecular complexity index is 732. The van der Waals surface area contributed by atoms with Gasteiger partial charge in [-0.1, -0.05) is 50.2 Å². The third-order valence-corrected chi connectivity index (χ3v) is 3.80. The van der Waals surface area contributed by atoms with E-state index in [-0.39, 0.29) is 18.4 Å². The van der Waals surface area contributed by atoms with Gasteiger partial charge in [0.2, 0.25) is 5.91 Å². The first-order valence-corrected chi connectivity index (χ1v) is 8.44. The third-order valence-electron chi connectivity index (χ3n) is 3.80. The summed E-state index contributed by atoms with van der Waals surface area (Å²) in [4.78, 5) is 23.9. The van der Waals surface area contributed by atoms with Crippen LogP contribution in [0.4, 0.5) is 4.79 Å². The van der Waals surface area contributed by atoms with Crippen molar-refractivity contribution in [1.82, 2.24) is 10.6 Å². The monoisotopic (exact) mass is 356 g/mol. The van der Waals surface area contributed by atoms with Crippen molar-refractivity contribution in [2.75, 3.05) is 7.11 Å². The fraction of sp³-hybridized carbons (Fsp3) is 0.300. The summed E-state index contributed by atoms with van der Waals surface area (Å²) in [5, 5.41) is 5.40. The summed E-state index contributed by atoms with van der Waals surface area (Å²) < 4.78 is 10.5. The van der Waals surface area contributed by atoms with Crippen LogP contribution in [0.2, 0.25) is 0 Å². The maximum absolute atomic E-state index is 12.5. The minimum Gasteiger partial charge on any atom is -0.457 e. The summed E-state index contributed by atoms with van der Waals surface area (Å²) in [6.07, 6.45) is -0.633. The molecule has 2 aromatic carbocycles.